The third-order valence-corrected chi connectivity index (χ3v) is 4.05. The van der Waals surface area contributed by atoms with Crippen molar-refractivity contribution >= 4 is 23.7 Å². The summed E-state index contributed by atoms with van der Waals surface area (Å²) < 4.78 is 0. The lowest BCUT2D eigenvalue weighted by molar-refractivity contribution is -0.105. The lowest BCUT2D eigenvalue weighted by Crippen LogP contribution is -2.14. The van der Waals surface area contributed by atoms with Crippen LogP contribution in [0.25, 0.3) is 0 Å². The molecule has 0 unspecified atom stereocenters. The Morgan fingerprint density at radius 1 is 0.889 bits per heavy atom. The van der Waals surface area contributed by atoms with Crippen molar-refractivity contribution in [2.75, 3.05) is 10.6 Å². The van der Waals surface area contributed by atoms with Gasteiger partial charge in [-0.25, -0.2) is 0 Å². The molecule has 138 valence electrons. The van der Waals surface area contributed by atoms with Gasteiger partial charge in [0.15, 0.2) is 0 Å². The summed E-state index contributed by atoms with van der Waals surface area (Å²) >= 11 is 0. The van der Waals surface area contributed by atoms with Gasteiger partial charge < -0.3 is 10.6 Å². The largest absolute Gasteiger partial charge is 0.329 e. The van der Waals surface area contributed by atoms with Gasteiger partial charge in [0.25, 0.3) is 5.91 Å². The Kier molecular flexibility index (Phi) is 7.26. The normalized spacial score (nSPS) is 9.59. The number of nitrogens with zero attached hydrogens (tertiary/aromatic N) is 1. The smallest absolute Gasteiger partial charge is 0.256 e. The third-order valence-electron chi connectivity index (χ3n) is 4.05. The third kappa shape index (κ3) is 6.08. The van der Waals surface area contributed by atoms with Gasteiger partial charge in [0, 0.05) is 17.4 Å². The van der Waals surface area contributed by atoms with Crippen molar-refractivity contribution in [3.63, 3.8) is 0 Å². The summed E-state index contributed by atoms with van der Waals surface area (Å²) in [5.41, 5.74) is 5.28. The van der Waals surface area contributed by atoms with E-state index in [9.17, 15) is 9.59 Å². The van der Waals surface area contributed by atoms with E-state index in [0.717, 1.165) is 5.56 Å². The number of amides is 2. The van der Waals surface area contributed by atoms with Crippen molar-refractivity contribution in [1.82, 2.24) is 4.98 Å². The molecule has 0 atom stereocenters. The molecular weight excluding hydrogens is 338 g/mol. The summed E-state index contributed by atoms with van der Waals surface area (Å²) in [7, 11) is 0. The summed E-state index contributed by atoms with van der Waals surface area (Å²) in [5, 5.41) is 5.27. The molecular formula is C22H23N3O2. The van der Waals surface area contributed by atoms with E-state index in [1.54, 1.807) is 42.7 Å². The maximum Gasteiger partial charge on any atom is 0.256 e. The first-order valence-corrected chi connectivity index (χ1v) is 8.55. The molecule has 0 radical (unpaired) electrons. The van der Waals surface area contributed by atoms with Crippen molar-refractivity contribution in [2.24, 2.45) is 0 Å². The van der Waals surface area contributed by atoms with Gasteiger partial charge in [-0.3, -0.25) is 14.6 Å². The van der Waals surface area contributed by atoms with Gasteiger partial charge >= 0.3 is 0 Å². The second kappa shape index (κ2) is 9.87. The zero-order valence-electron chi connectivity index (χ0n) is 15.7. The fraction of sp³-hybridized carbons (Fsp3) is 0.136. The first-order chi connectivity index (χ1) is 13.0. The highest BCUT2D eigenvalue weighted by Gasteiger charge is 2.10. The molecule has 1 heterocycles. The minimum atomic E-state index is -0.236. The number of carbonyl (C=O) groups excluding carboxylic acids is 2. The zero-order chi connectivity index (χ0) is 19.6. The number of hydrogen-bond acceptors (Lipinski definition) is 3. The first-order valence-electron chi connectivity index (χ1n) is 8.55. The van der Waals surface area contributed by atoms with Crippen LogP contribution in [0.4, 0.5) is 11.4 Å². The number of aryl methyl sites for hydroxylation is 3. The van der Waals surface area contributed by atoms with E-state index in [-0.39, 0.29) is 5.91 Å². The zero-order valence-corrected chi connectivity index (χ0v) is 15.7. The highest BCUT2D eigenvalue weighted by molar-refractivity contribution is 6.05. The van der Waals surface area contributed by atoms with E-state index in [2.05, 4.69) is 53.7 Å². The van der Waals surface area contributed by atoms with E-state index < -0.39 is 0 Å². The van der Waals surface area contributed by atoms with Crippen LogP contribution in [-0.2, 0) is 4.79 Å². The van der Waals surface area contributed by atoms with Crippen LogP contribution in [0.15, 0.2) is 67.0 Å². The second-order valence-electron chi connectivity index (χ2n) is 6.07. The quantitative estimate of drug-likeness (QED) is 0.672. The molecule has 0 bridgehead atoms. The van der Waals surface area contributed by atoms with Crippen LogP contribution in [0.1, 0.15) is 27.0 Å². The molecule has 5 nitrogen and oxygen atoms in total. The lowest BCUT2D eigenvalue weighted by atomic mass is 10.1. The molecule has 0 aliphatic carbocycles. The van der Waals surface area contributed by atoms with Crippen molar-refractivity contribution < 1.29 is 9.59 Å². The topological polar surface area (TPSA) is 71.1 Å². The monoisotopic (exact) mass is 361 g/mol. The highest BCUT2D eigenvalue weighted by atomic mass is 16.1. The molecule has 1 aromatic heterocycles. The first kappa shape index (κ1) is 19.8. The van der Waals surface area contributed by atoms with Crippen molar-refractivity contribution in [3.8, 4) is 0 Å². The van der Waals surface area contributed by atoms with Gasteiger partial charge in [-0.2, -0.15) is 0 Å². The number of aromatic nitrogens is 1. The van der Waals surface area contributed by atoms with Gasteiger partial charge in [0.05, 0.1) is 11.9 Å². The van der Waals surface area contributed by atoms with Crippen LogP contribution in [-0.4, -0.2) is 17.3 Å². The number of rotatable bonds is 4. The van der Waals surface area contributed by atoms with Crippen LogP contribution >= 0.6 is 0 Å². The minimum Gasteiger partial charge on any atom is -0.329 e. The molecule has 2 N–H and O–H groups in total. The number of hydrogen-bond donors (Lipinski definition) is 2. The molecule has 3 aromatic rings. The van der Waals surface area contributed by atoms with Crippen molar-refractivity contribution in [1.29, 1.82) is 0 Å². The lowest BCUT2D eigenvalue weighted by Gasteiger charge is -2.09. The molecule has 2 amide bonds. The number of pyridine rings is 1. The standard InChI is InChI=1S/C14H13N3O2.C8H10/c1-10-4-5-11(16-9-18)7-13(10)14(19)17-12-3-2-6-15-8-12;1-7-5-3-4-6-8(7)2/h2-9H,1H3,(H,16,18)(H,17,19);3-6H,1-2H3. The number of anilines is 2. The van der Waals surface area contributed by atoms with E-state index in [1.807, 2.05) is 6.92 Å². The summed E-state index contributed by atoms with van der Waals surface area (Å²) in [6, 6.07) is 17.0. The Labute approximate surface area is 159 Å². The number of benzene rings is 2. The Hall–Kier alpha value is -3.47. The molecule has 2 aromatic carbocycles. The molecule has 0 saturated heterocycles. The van der Waals surface area contributed by atoms with E-state index in [4.69, 9.17) is 0 Å². The van der Waals surface area contributed by atoms with Crippen LogP contribution in [0.2, 0.25) is 0 Å². The Bertz CT molecular complexity index is 887. The number of nitrogens with one attached hydrogen (secondary N) is 2. The summed E-state index contributed by atoms with van der Waals surface area (Å²) in [6.45, 7) is 6.08. The Morgan fingerprint density at radius 2 is 1.59 bits per heavy atom. The Morgan fingerprint density at radius 3 is 2.15 bits per heavy atom. The molecule has 0 spiro atoms. The summed E-state index contributed by atoms with van der Waals surface area (Å²) in [4.78, 5) is 26.5. The summed E-state index contributed by atoms with van der Waals surface area (Å²) in [6.07, 6.45) is 3.78. The van der Waals surface area contributed by atoms with Gasteiger partial charge in [-0.1, -0.05) is 30.3 Å². The number of carbonyl (C=O) groups is 2. The molecule has 27 heavy (non-hydrogen) atoms. The second-order valence-corrected chi connectivity index (χ2v) is 6.07. The predicted octanol–water partition coefficient (Wildman–Crippen LogP) is 4.51. The SMILES string of the molecule is Cc1ccc(NC=O)cc1C(=O)Nc1cccnc1.Cc1ccccc1C. The molecule has 3 rings (SSSR count). The molecule has 0 aliphatic rings. The van der Waals surface area contributed by atoms with Crippen LogP contribution in [0, 0.1) is 20.8 Å². The fourth-order valence-corrected chi connectivity index (χ4v) is 2.32. The van der Waals surface area contributed by atoms with E-state index >= 15 is 0 Å². The van der Waals surface area contributed by atoms with E-state index in [0.29, 0.717) is 23.3 Å². The average molecular weight is 361 g/mol. The average Bonchev–Trinajstić information content (AvgIpc) is 2.67. The maximum absolute atomic E-state index is 12.1. The van der Waals surface area contributed by atoms with Crippen LogP contribution in [0.3, 0.4) is 0 Å². The molecule has 5 heteroatoms. The molecule has 0 aliphatic heterocycles. The van der Waals surface area contributed by atoms with Crippen LogP contribution in [0.5, 0.6) is 0 Å². The van der Waals surface area contributed by atoms with E-state index in [1.165, 1.54) is 11.1 Å². The van der Waals surface area contributed by atoms with Gasteiger partial charge in [-0.05, 0) is 61.7 Å². The predicted molar refractivity (Wildman–Crippen MR) is 109 cm³/mol. The van der Waals surface area contributed by atoms with Gasteiger partial charge in [0.1, 0.15) is 0 Å². The molecule has 0 fully saturated rings. The molecule has 0 saturated carbocycles. The van der Waals surface area contributed by atoms with Gasteiger partial charge in [0.2, 0.25) is 6.41 Å². The maximum atomic E-state index is 12.1. The van der Waals surface area contributed by atoms with Crippen molar-refractivity contribution in [2.45, 2.75) is 20.8 Å². The Balaban J connectivity index is 0.000000273. The highest BCUT2D eigenvalue weighted by Crippen LogP contribution is 2.16. The fourth-order valence-electron chi connectivity index (χ4n) is 2.32. The van der Waals surface area contributed by atoms with Crippen molar-refractivity contribution in [3.05, 3.63) is 89.2 Å². The summed E-state index contributed by atoms with van der Waals surface area (Å²) in [5.74, 6) is -0.236. The van der Waals surface area contributed by atoms with Gasteiger partial charge in [-0.15, -0.1) is 0 Å². The van der Waals surface area contributed by atoms with Crippen LogP contribution < -0.4 is 10.6 Å². The minimum absolute atomic E-state index is 0.236.